The Labute approximate surface area is 95.1 Å². The van der Waals surface area contributed by atoms with Crippen molar-refractivity contribution in [1.29, 1.82) is 0 Å². The van der Waals surface area contributed by atoms with Crippen molar-refractivity contribution in [3.05, 3.63) is 35.4 Å². The fraction of sp³-hybridized carbons (Fsp3) is 0.308. The smallest absolute Gasteiger partial charge is 0.384 e. The molecule has 0 saturated carbocycles. The van der Waals surface area contributed by atoms with E-state index in [0.29, 0.717) is 13.0 Å². The maximum absolute atomic E-state index is 10.9. The Morgan fingerprint density at radius 1 is 1.31 bits per heavy atom. The predicted octanol–water partition coefficient (Wildman–Crippen LogP) is 1.29. The van der Waals surface area contributed by atoms with Crippen molar-refractivity contribution in [1.82, 2.24) is 0 Å². The number of aliphatic hydroxyl groups excluding tert-OH is 1. The average molecular weight is 218 g/mol. The molecule has 84 valence electrons. The second kappa shape index (κ2) is 6.65. The molecule has 0 aliphatic carbocycles. The van der Waals surface area contributed by atoms with Crippen LogP contribution in [0.4, 0.5) is 0 Å². The highest BCUT2D eigenvalue weighted by molar-refractivity contribution is 5.88. The van der Waals surface area contributed by atoms with Crippen LogP contribution in [0.25, 0.3) is 0 Å². The quantitative estimate of drug-likeness (QED) is 0.472. The van der Waals surface area contributed by atoms with Crippen LogP contribution in [0.3, 0.4) is 0 Å². The van der Waals surface area contributed by atoms with Gasteiger partial charge in [-0.1, -0.05) is 30.2 Å². The van der Waals surface area contributed by atoms with Crippen LogP contribution in [0.2, 0.25) is 0 Å². The molecule has 0 unspecified atom stereocenters. The zero-order valence-electron chi connectivity index (χ0n) is 9.19. The van der Waals surface area contributed by atoms with Gasteiger partial charge in [0.1, 0.15) is 0 Å². The molecule has 0 heterocycles. The van der Waals surface area contributed by atoms with E-state index < -0.39 is 5.97 Å². The molecular formula is C13H14O3. The van der Waals surface area contributed by atoms with Gasteiger partial charge >= 0.3 is 5.97 Å². The van der Waals surface area contributed by atoms with E-state index in [-0.39, 0.29) is 6.61 Å². The lowest BCUT2D eigenvalue weighted by molar-refractivity contribution is -0.136. The molecule has 0 atom stereocenters. The molecule has 0 amide bonds. The fourth-order valence-electron chi connectivity index (χ4n) is 1.15. The van der Waals surface area contributed by atoms with Gasteiger partial charge in [-0.3, -0.25) is 0 Å². The lowest BCUT2D eigenvalue weighted by Gasteiger charge is -1.97. The van der Waals surface area contributed by atoms with Crippen LogP contribution in [-0.2, 0) is 22.6 Å². The highest BCUT2D eigenvalue weighted by Crippen LogP contribution is 2.04. The normalized spacial score (nSPS) is 9.12. The summed E-state index contributed by atoms with van der Waals surface area (Å²) in [5.41, 5.74) is 1.87. The van der Waals surface area contributed by atoms with Gasteiger partial charge in [0, 0.05) is 12.3 Å². The number of ether oxygens (including phenoxy) is 1. The van der Waals surface area contributed by atoms with Crippen molar-refractivity contribution in [2.45, 2.75) is 20.0 Å². The van der Waals surface area contributed by atoms with Gasteiger partial charge in [-0.25, -0.2) is 4.79 Å². The summed E-state index contributed by atoms with van der Waals surface area (Å²) in [6.45, 7) is 2.13. The van der Waals surface area contributed by atoms with Crippen molar-refractivity contribution in [3.8, 4) is 11.8 Å². The lowest BCUT2D eigenvalue weighted by Crippen LogP contribution is -1.99. The molecule has 0 aliphatic heterocycles. The van der Waals surface area contributed by atoms with Gasteiger partial charge in [0.2, 0.25) is 0 Å². The van der Waals surface area contributed by atoms with E-state index in [4.69, 9.17) is 5.11 Å². The first-order chi connectivity index (χ1) is 7.76. The SMILES string of the molecule is CCOC(=O)C#CCc1ccc(CO)cc1. The summed E-state index contributed by atoms with van der Waals surface area (Å²) in [5.74, 6) is 4.65. The maximum Gasteiger partial charge on any atom is 0.384 e. The Hall–Kier alpha value is -1.79. The Morgan fingerprint density at radius 3 is 2.50 bits per heavy atom. The molecule has 3 nitrogen and oxygen atoms in total. The molecular weight excluding hydrogens is 204 g/mol. The van der Waals surface area contributed by atoms with E-state index in [1.165, 1.54) is 0 Å². The third-order valence-electron chi connectivity index (χ3n) is 1.96. The molecule has 0 fully saturated rings. The Kier molecular flexibility index (Phi) is 5.10. The standard InChI is InChI=1S/C13H14O3/c1-2-16-13(15)5-3-4-11-6-8-12(10-14)9-7-11/h6-9,14H,2,4,10H2,1H3. The first-order valence-corrected chi connectivity index (χ1v) is 5.10. The number of hydrogen-bond donors (Lipinski definition) is 1. The summed E-state index contributed by atoms with van der Waals surface area (Å²) in [6, 6.07) is 7.43. The van der Waals surface area contributed by atoms with Gasteiger partial charge < -0.3 is 9.84 Å². The molecule has 3 heteroatoms. The van der Waals surface area contributed by atoms with E-state index in [1.54, 1.807) is 6.92 Å². The molecule has 1 aromatic rings. The van der Waals surface area contributed by atoms with Gasteiger partial charge in [-0.15, -0.1) is 0 Å². The number of hydrogen-bond acceptors (Lipinski definition) is 3. The minimum atomic E-state index is -0.491. The van der Waals surface area contributed by atoms with Crippen molar-refractivity contribution in [2.75, 3.05) is 6.61 Å². The molecule has 0 spiro atoms. The second-order valence-electron chi connectivity index (χ2n) is 3.17. The highest BCUT2D eigenvalue weighted by atomic mass is 16.5. The maximum atomic E-state index is 10.9. The van der Waals surface area contributed by atoms with Crippen LogP contribution in [0.5, 0.6) is 0 Å². The van der Waals surface area contributed by atoms with Crippen LogP contribution >= 0.6 is 0 Å². The topological polar surface area (TPSA) is 46.5 Å². The molecule has 0 saturated heterocycles. The van der Waals surface area contributed by atoms with Crippen molar-refractivity contribution in [2.24, 2.45) is 0 Å². The van der Waals surface area contributed by atoms with Crippen molar-refractivity contribution in [3.63, 3.8) is 0 Å². The van der Waals surface area contributed by atoms with E-state index in [0.717, 1.165) is 11.1 Å². The molecule has 0 aromatic heterocycles. The Morgan fingerprint density at radius 2 is 1.94 bits per heavy atom. The van der Waals surface area contributed by atoms with E-state index in [2.05, 4.69) is 16.6 Å². The second-order valence-corrected chi connectivity index (χ2v) is 3.17. The summed E-state index contributed by atoms with van der Waals surface area (Å²) >= 11 is 0. The molecule has 0 bridgehead atoms. The Balaban J connectivity index is 2.50. The van der Waals surface area contributed by atoms with Gasteiger partial charge in [-0.05, 0) is 18.1 Å². The summed E-state index contributed by atoms with van der Waals surface area (Å²) < 4.78 is 4.67. The monoisotopic (exact) mass is 218 g/mol. The summed E-state index contributed by atoms with van der Waals surface area (Å²) in [4.78, 5) is 10.9. The number of aliphatic hydroxyl groups is 1. The predicted molar refractivity (Wildman–Crippen MR) is 60.5 cm³/mol. The minimum Gasteiger partial charge on any atom is -0.456 e. The van der Waals surface area contributed by atoms with Crippen LogP contribution in [0.1, 0.15) is 18.1 Å². The largest absolute Gasteiger partial charge is 0.456 e. The molecule has 0 aliphatic rings. The number of carbonyl (C=O) groups excluding carboxylic acids is 1. The van der Waals surface area contributed by atoms with E-state index >= 15 is 0 Å². The van der Waals surface area contributed by atoms with E-state index in [1.807, 2.05) is 24.3 Å². The molecule has 0 radical (unpaired) electrons. The third-order valence-corrected chi connectivity index (χ3v) is 1.96. The summed E-state index contributed by atoms with van der Waals surface area (Å²) in [5, 5.41) is 8.85. The van der Waals surface area contributed by atoms with Gasteiger partial charge in [-0.2, -0.15) is 0 Å². The fourth-order valence-corrected chi connectivity index (χ4v) is 1.15. The van der Waals surface area contributed by atoms with Crippen LogP contribution < -0.4 is 0 Å². The number of esters is 1. The first kappa shape index (κ1) is 12.3. The Bertz CT molecular complexity index is 395. The first-order valence-electron chi connectivity index (χ1n) is 5.10. The summed E-state index contributed by atoms with van der Waals surface area (Å²) in [6.07, 6.45) is 0.504. The molecule has 1 aromatic carbocycles. The van der Waals surface area contributed by atoms with Gasteiger partial charge in [0.15, 0.2) is 0 Å². The van der Waals surface area contributed by atoms with Gasteiger partial charge in [0.25, 0.3) is 0 Å². The van der Waals surface area contributed by atoms with Gasteiger partial charge in [0.05, 0.1) is 13.2 Å². The van der Waals surface area contributed by atoms with Crippen LogP contribution in [0.15, 0.2) is 24.3 Å². The van der Waals surface area contributed by atoms with Crippen LogP contribution in [-0.4, -0.2) is 17.7 Å². The molecule has 1 N–H and O–H groups in total. The average Bonchev–Trinajstić information content (AvgIpc) is 2.30. The number of rotatable bonds is 3. The molecule has 16 heavy (non-hydrogen) atoms. The lowest BCUT2D eigenvalue weighted by atomic mass is 10.1. The number of benzene rings is 1. The zero-order chi connectivity index (χ0) is 11.8. The summed E-state index contributed by atoms with van der Waals surface area (Å²) in [7, 11) is 0. The zero-order valence-corrected chi connectivity index (χ0v) is 9.19. The van der Waals surface area contributed by atoms with Crippen molar-refractivity contribution < 1.29 is 14.6 Å². The highest BCUT2D eigenvalue weighted by Gasteiger charge is 1.94. The van der Waals surface area contributed by atoms with Crippen LogP contribution in [0, 0.1) is 11.8 Å². The van der Waals surface area contributed by atoms with Crippen molar-refractivity contribution >= 4 is 5.97 Å². The minimum absolute atomic E-state index is 0.0365. The molecule has 1 rings (SSSR count). The van der Waals surface area contributed by atoms with E-state index in [9.17, 15) is 4.79 Å². The third kappa shape index (κ3) is 4.16. The number of carbonyl (C=O) groups is 1.